The molecule has 0 saturated heterocycles. The number of esters is 1. The number of para-hydroxylation sites is 1. The van der Waals surface area contributed by atoms with Crippen LogP contribution in [0.4, 0.5) is 5.69 Å². The van der Waals surface area contributed by atoms with Crippen LogP contribution in [0.2, 0.25) is 0 Å². The molecule has 0 spiro atoms. The van der Waals surface area contributed by atoms with Gasteiger partial charge < -0.3 is 14.8 Å². The zero-order valence-electron chi connectivity index (χ0n) is 12.8. The van der Waals surface area contributed by atoms with Crippen LogP contribution < -0.4 is 10.1 Å². The molecule has 0 aliphatic rings. The molecule has 23 heavy (non-hydrogen) atoms. The first kappa shape index (κ1) is 17.0. The Hall–Kier alpha value is -2.34. The Morgan fingerprint density at radius 1 is 1.17 bits per heavy atom. The number of hydrogen-bond acceptors (Lipinski definition) is 4. The summed E-state index contributed by atoms with van der Waals surface area (Å²) < 4.78 is 11.1. The third kappa shape index (κ3) is 4.56. The number of ether oxygens (including phenoxy) is 2. The molecule has 1 amide bonds. The monoisotopic (exact) mass is 377 g/mol. The van der Waals surface area contributed by atoms with E-state index in [0.29, 0.717) is 17.0 Å². The van der Waals surface area contributed by atoms with E-state index < -0.39 is 5.97 Å². The number of carbonyl (C=O) groups excluding carboxylic acids is 2. The predicted molar refractivity (Wildman–Crippen MR) is 90.8 cm³/mol. The standard InChI is InChI=1S/C17H16BrNO4/c1-11-9-12(7-8-14(11)18)23-10-16(20)19-15-6-4-3-5-13(15)17(21)22-2/h3-9H,10H2,1-2H3,(H,19,20). The van der Waals surface area contributed by atoms with E-state index in [0.717, 1.165) is 10.0 Å². The lowest BCUT2D eigenvalue weighted by Crippen LogP contribution is -2.21. The number of amides is 1. The van der Waals surface area contributed by atoms with Crippen LogP contribution in [0.15, 0.2) is 46.9 Å². The van der Waals surface area contributed by atoms with Crippen LogP contribution in [0.3, 0.4) is 0 Å². The zero-order chi connectivity index (χ0) is 16.8. The number of aryl methyl sites for hydroxylation is 1. The molecule has 0 radical (unpaired) electrons. The molecular formula is C17H16BrNO4. The van der Waals surface area contributed by atoms with Gasteiger partial charge in [0.2, 0.25) is 0 Å². The molecule has 6 heteroatoms. The van der Waals surface area contributed by atoms with Crippen LogP contribution in [0, 0.1) is 6.92 Å². The quantitative estimate of drug-likeness (QED) is 0.809. The minimum absolute atomic E-state index is 0.156. The first-order chi connectivity index (χ1) is 11.0. The molecule has 0 fully saturated rings. The second kappa shape index (κ2) is 7.78. The maximum absolute atomic E-state index is 12.0. The van der Waals surface area contributed by atoms with E-state index in [2.05, 4.69) is 26.0 Å². The molecule has 2 aromatic rings. The van der Waals surface area contributed by atoms with E-state index in [-0.39, 0.29) is 12.5 Å². The largest absolute Gasteiger partial charge is 0.484 e. The molecule has 0 aliphatic heterocycles. The Kier molecular flexibility index (Phi) is 5.76. The molecule has 120 valence electrons. The number of carbonyl (C=O) groups is 2. The van der Waals surface area contributed by atoms with Crippen molar-refractivity contribution in [2.75, 3.05) is 19.0 Å². The average molecular weight is 378 g/mol. The predicted octanol–water partition coefficient (Wildman–Crippen LogP) is 3.56. The fourth-order valence-electron chi connectivity index (χ4n) is 1.92. The molecule has 1 N–H and O–H groups in total. The van der Waals surface area contributed by atoms with E-state index in [4.69, 9.17) is 4.74 Å². The Morgan fingerprint density at radius 2 is 1.91 bits per heavy atom. The minimum atomic E-state index is -0.509. The van der Waals surface area contributed by atoms with E-state index in [1.165, 1.54) is 7.11 Å². The van der Waals surface area contributed by atoms with Gasteiger partial charge in [0.25, 0.3) is 5.91 Å². The molecule has 2 rings (SSSR count). The highest BCUT2D eigenvalue weighted by atomic mass is 79.9. The fourth-order valence-corrected chi connectivity index (χ4v) is 2.17. The smallest absolute Gasteiger partial charge is 0.339 e. The fraction of sp³-hybridized carbons (Fsp3) is 0.176. The van der Waals surface area contributed by atoms with Gasteiger partial charge in [0.15, 0.2) is 6.61 Å². The van der Waals surface area contributed by atoms with Crippen molar-refractivity contribution in [3.63, 3.8) is 0 Å². The number of hydrogen-bond donors (Lipinski definition) is 1. The summed E-state index contributed by atoms with van der Waals surface area (Å²) in [5, 5.41) is 2.65. The molecule has 0 unspecified atom stereocenters. The summed E-state index contributed by atoms with van der Waals surface area (Å²) in [6.07, 6.45) is 0. The number of rotatable bonds is 5. The highest BCUT2D eigenvalue weighted by Crippen LogP contribution is 2.21. The Morgan fingerprint density at radius 3 is 2.61 bits per heavy atom. The lowest BCUT2D eigenvalue weighted by Gasteiger charge is -2.11. The molecule has 2 aromatic carbocycles. The van der Waals surface area contributed by atoms with Crippen molar-refractivity contribution in [2.24, 2.45) is 0 Å². The van der Waals surface area contributed by atoms with Crippen LogP contribution in [0.25, 0.3) is 0 Å². The number of benzene rings is 2. The first-order valence-electron chi connectivity index (χ1n) is 6.87. The van der Waals surface area contributed by atoms with Gasteiger partial charge in [0, 0.05) is 4.47 Å². The summed E-state index contributed by atoms with van der Waals surface area (Å²) in [5.74, 6) is -0.269. The van der Waals surface area contributed by atoms with Gasteiger partial charge >= 0.3 is 5.97 Å². The van der Waals surface area contributed by atoms with Gasteiger partial charge in [0.05, 0.1) is 18.4 Å². The summed E-state index contributed by atoms with van der Waals surface area (Å²) in [7, 11) is 1.29. The lowest BCUT2D eigenvalue weighted by molar-refractivity contribution is -0.118. The van der Waals surface area contributed by atoms with Gasteiger partial charge in [0.1, 0.15) is 5.75 Å². The summed E-state index contributed by atoms with van der Waals surface area (Å²) in [5.41, 5.74) is 1.70. The number of halogens is 1. The van der Waals surface area contributed by atoms with Crippen LogP contribution >= 0.6 is 15.9 Å². The third-order valence-corrected chi connectivity index (χ3v) is 4.00. The van der Waals surface area contributed by atoms with Gasteiger partial charge in [-0.1, -0.05) is 28.1 Å². The highest BCUT2D eigenvalue weighted by molar-refractivity contribution is 9.10. The van der Waals surface area contributed by atoms with Gasteiger partial charge in [-0.3, -0.25) is 4.79 Å². The second-order valence-corrected chi connectivity index (χ2v) is 5.64. The summed E-state index contributed by atoms with van der Waals surface area (Å²) in [6.45, 7) is 1.78. The molecule has 0 saturated carbocycles. The average Bonchev–Trinajstić information content (AvgIpc) is 2.55. The van der Waals surface area contributed by atoms with E-state index in [1.807, 2.05) is 19.1 Å². The van der Waals surface area contributed by atoms with Crippen LogP contribution in [0.5, 0.6) is 5.75 Å². The van der Waals surface area contributed by atoms with Crippen LogP contribution in [-0.2, 0) is 9.53 Å². The van der Waals surface area contributed by atoms with Gasteiger partial charge in [-0.2, -0.15) is 0 Å². The van der Waals surface area contributed by atoms with Crippen molar-refractivity contribution in [2.45, 2.75) is 6.92 Å². The molecule has 0 atom stereocenters. The summed E-state index contributed by atoms with van der Waals surface area (Å²) in [4.78, 5) is 23.7. The summed E-state index contributed by atoms with van der Waals surface area (Å²) >= 11 is 3.40. The lowest BCUT2D eigenvalue weighted by atomic mass is 10.2. The van der Waals surface area contributed by atoms with Crippen molar-refractivity contribution in [1.29, 1.82) is 0 Å². The molecule has 5 nitrogen and oxygen atoms in total. The van der Waals surface area contributed by atoms with Gasteiger partial charge in [-0.05, 0) is 42.8 Å². The maximum atomic E-state index is 12.0. The number of anilines is 1. The SMILES string of the molecule is COC(=O)c1ccccc1NC(=O)COc1ccc(Br)c(C)c1. The van der Waals surface area contributed by atoms with E-state index in [9.17, 15) is 9.59 Å². The minimum Gasteiger partial charge on any atom is -0.484 e. The van der Waals surface area contributed by atoms with Crippen molar-refractivity contribution < 1.29 is 19.1 Å². The first-order valence-corrected chi connectivity index (χ1v) is 7.66. The van der Waals surface area contributed by atoms with E-state index >= 15 is 0 Å². The maximum Gasteiger partial charge on any atom is 0.339 e. The van der Waals surface area contributed by atoms with Gasteiger partial charge in [-0.15, -0.1) is 0 Å². The highest BCUT2D eigenvalue weighted by Gasteiger charge is 2.13. The number of nitrogens with one attached hydrogen (secondary N) is 1. The zero-order valence-corrected chi connectivity index (χ0v) is 14.3. The van der Waals surface area contributed by atoms with Crippen LogP contribution in [0.1, 0.15) is 15.9 Å². The van der Waals surface area contributed by atoms with Crippen molar-refractivity contribution in [3.05, 3.63) is 58.1 Å². The van der Waals surface area contributed by atoms with Crippen molar-refractivity contribution in [3.8, 4) is 5.75 Å². The summed E-state index contributed by atoms with van der Waals surface area (Å²) in [6, 6.07) is 12.1. The van der Waals surface area contributed by atoms with E-state index in [1.54, 1.807) is 30.3 Å². The molecule has 0 bridgehead atoms. The van der Waals surface area contributed by atoms with Gasteiger partial charge in [-0.25, -0.2) is 4.79 Å². The second-order valence-electron chi connectivity index (χ2n) is 4.79. The van der Waals surface area contributed by atoms with Crippen LogP contribution in [-0.4, -0.2) is 25.6 Å². The third-order valence-electron chi connectivity index (χ3n) is 3.11. The van der Waals surface area contributed by atoms with Crippen molar-refractivity contribution in [1.82, 2.24) is 0 Å². The molecular weight excluding hydrogens is 362 g/mol. The molecule has 0 aliphatic carbocycles. The normalized spacial score (nSPS) is 10.0. The number of methoxy groups -OCH3 is 1. The van der Waals surface area contributed by atoms with Crippen molar-refractivity contribution >= 4 is 33.5 Å². The Labute approximate surface area is 142 Å². The molecule has 0 aromatic heterocycles. The Balaban J connectivity index is 2.00. The molecule has 0 heterocycles. The Bertz CT molecular complexity index is 730. The topological polar surface area (TPSA) is 64.6 Å².